The molecule has 0 unspecified atom stereocenters. The maximum Gasteiger partial charge on any atom is 0.259 e. The molecule has 2 aromatic carbocycles. The van der Waals surface area contributed by atoms with Crippen LogP contribution >= 0.6 is 11.3 Å². The molecule has 38 heavy (non-hydrogen) atoms. The predicted octanol–water partition coefficient (Wildman–Crippen LogP) is 5.56. The van der Waals surface area contributed by atoms with Gasteiger partial charge in [-0.25, -0.2) is 4.39 Å². The molecule has 1 heterocycles. The number of carbonyl (C=O) groups is 1. The molecule has 1 amide bonds. The summed E-state index contributed by atoms with van der Waals surface area (Å²) in [6, 6.07) is 12.2. The van der Waals surface area contributed by atoms with Gasteiger partial charge in [0.05, 0.1) is 23.2 Å². The zero-order valence-electron chi connectivity index (χ0n) is 22.6. The number of anilines is 1. The third-order valence-electron chi connectivity index (χ3n) is 6.60. The Bertz CT molecular complexity index is 1060. The lowest BCUT2D eigenvalue weighted by atomic mass is 10.1. The molecule has 1 aromatic heterocycles. The van der Waals surface area contributed by atoms with Crippen molar-refractivity contribution < 1.29 is 35.5 Å². The van der Waals surface area contributed by atoms with Gasteiger partial charge >= 0.3 is 0 Å². The third-order valence-corrected chi connectivity index (χ3v) is 7.27. The number of aromatic nitrogens is 1. The van der Waals surface area contributed by atoms with Gasteiger partial charge in [0.15, 0.2) is 24.3 Å². The second kappa shape index (κ2) is 18.9. The second-order valence-electron chi connectivity index (χ2n) is 9.66. The fourth-order valence-electron chi connectivity index (χ4n) is 4.47. The molecule has 1 N–H and O–H groups in total. The zero-order valence-corrected chi connectivity index (χ0v) is 25.0. The smallest absolute Gasteiger partial charge is 0.259 e. The Morgan fingerprint density at radius 1 is 0.895 bits per heavy atom. The molecule has 4 nitrogen and oxygen atoms in total. The van der Waals surface area contributed by atoms with Crippen LogP contribution in [0.15, 0.2) is 59.6 Å². The molecular formula is C31H42BrFN2O2S. The monoisotopic (exact) mass is 604 g/mol. The Balaban J connectivity index is 0.00000507. The molecule has 3 rings (SSSR count). The number of nitrogens with one attached hydrogen (secondary N) is 1. The van der Waals surface area contributed by atoms with Crippen LogP contribution in [0.5, 0.6) is 5.75 Å². The minimum atomic E-state index is -0.506. The lowest BCUT2D eigenvalue weighted by Crippen LogP contribution is -3.00. The number of halogens is 2. The van der Waals surface area contributed by atoms with Crippen molar-refractivity contribution in [2.45, 2.75) is 90.5 Å². The molecule has 0 aliphatic heterocycles. The highest BCUT2D eigenvalue weighted by atomic mass is 79.9. The third kappa shape index (κ3) is 11.2. The summed E-state index contributed by atoms with van der Waals surface area (Å²) in [6.45, 7) is 3.31. The first-order valence-electron chi connectivity index (χ1n) is 13.9. The molecule has 3 aromatic rings. The van der Waals surface area contributed by atoms with Gasteiger partial charge in [0.25, 0.3) is 5.91 Å². The number of thiazole rings is 1. The zero-order chi connectivity index (χ0) is 26.1. The summed E-state index contributed by atoms with van der Waals surface area (Å²) >= 11 is 1.62. The summed E-state index contributed by atoms with van der Waals surface area (Å²) in [5, 5.41) is 4.97. The van der Waals surface area contributed by atoms with Crippen molar-refractivity contribution in [3.8, 4) is 5.75 Å². The topological polar surface area (TPSA) is 42.2 Å². The number of hydrogen-bond acceptors (Lipinski definition) is 3. The molecular weight excluding hydrogens is 563 g/mol. The van der Waals surface area contributed by atoms with Crippen molar-refractivity contribution in [3.05, 3.63) is 76.5 Å². The van der Waals surface area contributed by atoms with Crippen LogP contribution in [0.1, 0.15) is 99.9 Å². The molecule has 0 bridgehead atoms. The molecule has 208 valence electrons. The molecule has 0 aliphatic rings. The van der Waals surface area contributed by atoms with E-state index in [0.29, 0.717) is 18.8 Å². The Morgan fingerprint density at radius 2 is 1.55 bits per heavy atom. The molecule has 0 spiro atoms. The Morgan fingerprint density at radius 3 is 2.21 bits per heavy atom. The number of hydrogen-bond donors (Lipinski definition) is 1. The summed E-state index contributed by atoms with van der Waals surface area (Å²) < 4.78 is 22.5. The van der Waals surface area contributed by atoms with Gasteiger partial charge in [-0.15, -0.1) is 0 Å². The maximum absolute atomic E-state index is 14.6. The fourth-order valence-corrected chi connectivity index (χ4v) is 5.07. The minimum Gasteiger partial charge on any atom is -1.00 e. The Hall–Kier alpha value is -2.25. The van der Waals surface area contributed by atoms with Gasteiger partial charge < -0.3 is 27.0 Å². The van der Waals surface area contributed by atoms with E-state index in [0.717, 1.165) is 18.4 Å². The van der Waals surface area contributed by atoms with Crippen molar-refractivity contribution in [1.82, 2.24) is 0 Å². The second-order valence-corrected chi connectivity index (χ2v) is 10.4. The van der Waals surface area contributed by atoms with Crippen LogP contribution in [0, 0.1) is 5.82 Å². The van der Waals surface area contributed by atoms with Crippen molar-refractivity contribution in [3.63, 3.8) is 0 Å². The summed E-state index contributed by atoms with van der Waals surface area (Å²) in [7, 11) is 0. The van der Waals surface area contributed by atoms with E-state index in [9.17, 15) is 9.18 Å². The summed E-state index contributed by atoms with van der Waals surface area (Å²) in [4.78, 5) is 13.1. The van der Waals surface area contributed by atoms with E-state index in [2.05, 4.69) is 16.8 Å². The number of ether oxygens (including phenoxy) is 1. The summed E-state index contributed by atoms with van der Waals surface area (Å²) in [6.07, 6.45) is 17.1. The molecule has 0 saturated heterocycles. The van der Waals surface area contributed by atoms with Gasteiger partial charge in [0.2, 0.25) is 5.51 Å². The molecule has 7 heteroatoms. The minimum absolute atomic E-state index is 0. The lowest BCUT2D eigenvalue weighted by Gasteiger charge is -2.14. The van der Waals surface area contributed by atoms with Crippen molar-refractivity contribution in [1.29, 1.82) is 0 Å². The molecule has 0 radical (unpaired) electrons. The van der Waals surface area contributed by atoms with Crippen molar-refractivity contribution in [2.75, 3.05) is 11.9 Å². The van der Waals surface area contributed by atoms with E-state index in [4.69, 9.17) is 4.74 Å². The highest BCUT2D eigenvalue weighted by Gasteiger charge is 2.18. The van der Waals surface area contributed by atoms with E-state index < -0.39 is 5.82 Å². The average molecular weight is 606 g/mol. The summed E-state index contributed by atoms with van der Waals surface area (Å²) in [5.41, 5.74) is 3.93. The quantitative estimate of drug-likeness (QED) is 0.153. The number of carbonyl (C=O) groups excluding carboxylic acids is 1. The largest absolute Gasteiger partial charge is 1.00 e. The van der Waals surface area contributed by atoms with Crippen LogP contribution in [0.2, 0.25) is 0 Å². The van der Waals surface area contributed by atoms with Crippen molar-refractivity contribution in [2.24, 2.45) is 0 Å². The normalized spacial score (nSPS) is 10.7. The van der Waals surface area contributed by atoms with Gasteiger partial charge in [-0.2, -0.15) is 4.57 Å². The van der Waals surface area contributed by atoms with Crippen LogP contribution in [0.3, 0.4) is 0 Å². The van der Waals surface area contributed by atoms with Crippen LogP contribution in [0.4, 0.5) is 10.1 Å². The van der Waals surface area contributed by atoms with Gasteiger partial charge in [-0.3, -0.25) is 4.79 Å². The van der Waals surface area contributed by atoms with E-state index >= 15 is 0 Å². The SMILES string of the molecule is CCCCCCCCCCCCCCOc1c(F)cccc1C(=O)Nc1ccccc1C[n+]1ccsc1.[Br-]. The first-order valence-corrected chi connectivity index (χ1v) is 14.8. The van der Waals surface area contributed by atoms with Gasteiger partial charge in [-0.05, 0) is 24.6 Å². The number of unbranched alkanes of at least 4 members (excludes halogenated alkanes) is 11. The van der Waals surface area contributed by atoms with Crippen LogP contribution in [-0.4, -0.2) is 12.5 Å². The van der Waals surface area contributed by atoms with Gasteiger partial charge in [-0.1, -0.05) is 113 Å². The van der Waals surface area contributed by atoms with Crippen LogP contribution in [-0.2, 0) is 6.54 Å². The molecule has 0 atom stereocenters. The first-order chi connectivity index (χ1) is 18.2. The average Bonchev–Trinajstić information content (AvgIpc) is 3.42. The van der Waals surface area contributed by atoms with Crippen LogP contribution in [0.25, 0.3) is 0 Å². The standard InChI is InChI=1S/C31H41FN2O2S.BrH/c1-2-3-4-5-6-7-8-9-10-11-12-15-22-36-30-27(18-16-19-28(30)32)31(35)33-29-20-14-13-17-26(29)24-34-21-23-37-25-34;/h13-14,16-21,23,25H,2-12,15,22,24H2,1H3;1H. The molecule has 0 aliphatic carbocycles. The predicted molar refractivity (Wildman–Crippen MR) is 151 cm³/mol. The van der Waals surface area contributed by atoms with Crippen LogP contribution < -0.4 is 31.6 Å². The highest BCUT2D eigenvalue weighted by molar-refractivity contribution is 7.07. The lowest BCUT2D eigenvalue weighted by molar-refractivity contribution is -0.683. The van der Waals surface area contributed by atoms with E-state index in [1.165, 1.54) is 70.3 Å². The Labute approximate surface area is 242 Å². The first kappa shape index (κ1) is 32.0. The molecule has 0 fully saturated rings. The van der Waals surface area contributed by atoms with E-state index in [1.54, 1.807) is 23.5 Å². The van der Waals surface area contributed by atoms with Crippen molar-refractivity contribution >= 4 is 22.9 Å². The highest BCUT2D eigenvalue weighted by Crippen LogP contribution is 2.25. The number of nitrogens with zero attached hydrogens (tertiary/aromatic N) is 1. The maximum atomic E-state index is 14.6. The number of amides is 1. The number of para-hydroxylation sites is 2. The number of benzene rings is 2. The Kier molecular flexibility index (Phi) is 15.9. The summed E-state index contributed by atoms with van der Waals surface area (Å²) in [5.74, 6) is -0.839. The van der Waals surface area contributed by atoms with Gasteiger partial charge in [0.1, 0.15) is 0 Å². The van der Waals surface area contributed by atoms with E-state index in [-0.39, 0.29) is 34.2 Å². The van der Waals surface area contributed by atoms with Gasteiger partial charge in [0, 0.05) is 5.56 Å². The fraction of sp³-hybridized carbons (Fsp3) is 0.484. The van der Waals surface area contributed by atoms with E-state index in [1.807, 2.05) is 41.4 Å². The number of rotatable bonds is 18. The molecule has 0 saturated carbocycles.